The van der Waals surface area contributed by atoms with Crippen LogP contribution in [0.5, 0.6) is 0 Å². The van der Waals surface area contributed by atoms with Gasteiger partial charge in [-0.05, 0) is 36.6 Å². The molecule has 0 aromatic heterocycles. The highest BCUT2D eigenvalue weighted by Gasteiger charge is 2.28. The fourth-order valence-corrected chi connectivity index (χ4v) is 3.09. The number of fused-ring (bicyclic) bond motifs is 2. The molecule has 0 fully saturated rings. The van der Waals surface area contributed by atoms with Crippen molar-refractivity contribution < 1.29 is 0 Å². The first kappa shape index (κ1) is 11.4. The Morgan fingerprint density at radius 1 is 1.15 bits per heavy atom. The number of allylic oxidation sites excluding steroid dienone is 6. The summed E-state index contributed by atoms with van der Waals surface area (Å²) in [5, 5.41) is 6.56. The molecule has 4 rings (SSSR count). The van der Waals surface area contributed by atoms with E-state index in [2.05, 4.69) is 40.9 Å². The minimum atomic E-state index is 0.349. The van der Waals surface area contributed by atoms with Crippen molar-refractivity contribution in [1.29, 1.82) is 0 Å². The molecule has 1 aromatic rings. The van der Waals surface area contributed by atoms with Gasteiger partial charge in [-0.25, -0.2) is 4.99 Å². The number of para-hydroxylation sites is 1. The zero-order valence-electron chi connectivity index (χ0n) is 11.1. The molecule has 20 heavy (non-hydrogen) atoms. The molecule has 0 amide bonds. The molecule has 1 aromatic carbocycles. The predicted octanol–water partition coefficient (Wildman–Crippen LogP) is 1.79. The summed E-state index contributed by atoms with van der Waals surface area (Å²) in [6.45, 7) is 0. The Balaban J connectivity index is 1.90. The molecule has 0 spiro atoms. The van der Waals surface area contributed by atoms with Gasteiger partial charge in [0.05, 0.1) is 11.1 Å². The summed E-state index contributed by atoms with van der Waals surface area (Å²) in [5.41, 5.74) is 6.81. The Labute approximate surface area is 117 Å². The maximum absolute atomic E-state index is 4.75. The molecule has 2 aliphatic heterocycles. The zero-order chi connectivity index (χ0) is 13.4. The van der Waals surface area contributed by atoms with Crippen LogP contribution in [0.25, 0.3) is 5.57 Å². The molecule has 0 saturated heterocycles. The largest absolute Gasteiger partial charge is 0.282 e. The lowest BCUT2D eigenvalue weighted by atomic mass is 9.84. The van der Waals surface area contributed by atoms with Crippen LogP contribution in [-0.2, 0) is 0 Å². The van der Waals surface area contributed by atoms with Crippen LogP contribution in [0.15, 0.2) is 70.1 Å². The molecular formula is C17H15N3. The molecule has 0 saturated carbocycles. The van der Waals surface area contributed by atoms with Crippen LogP contribution in [-0.4, -0.2) is 6.21 Å². The van der Waals surface area contributed by atoms with Crippen molar-refractivity contribution in [1.82, 2.24) is 5.43 Å². The molecule has 3 nitrogen and oxygen atoms in total. The first-order valence-electron chi connectivity index (χ1n) is 6.98. The Morgan fingerprint density at radius 2 is 2.10 bits per heavy atom. The topological polar surface area (TPSA) is 36.8 Å². The summed E-state index contributed by atoms with van der Waals surface area (Å²) in [6, 6.07) is 8.39. The average Bonchev–Trinajstić information content (AvgIpc) is 2.68. The van der Waals surface area contributed by atoms with Crippen LogP contribution in [0, 0.1) is 5.92 Å². The van der Waals surface area contributed by atoms with E-state index in [1.165, 1.54) is 10.8 Å². The van der Waals surface area contributed by atoms with E-state index in [9.17, 15) is 0 Å². The highest BCUT2D eigenvalue weighted by Crippen LogP contribution is 2.36. The molecule has 2 heterocycles. The third-order valence-corrected chi connectivity index (χ3v) is 3.97. The number of nitrogens with zero attached hydrogens (tertiary/aromatic N) is 2. The Bertz CT molecular complexity index is 794. The second-order valence-corrected chi connectivity index (χ2v) is 5.16. The van der Waals surface area contributed by atoms with Gasteiger partial charge in [0.2, 0.25) is 0 Å². The van der Waals surface area contributed by atoms with E-state index in [1.54, 1.807) is 6.21 Å². The minimum Gasteiger partial charge on any atom is -0.282 e. The van der Waals surface area contributed by atoms with Crippen LogP contribution in [0.2, 0.25) is 0 Å². The van der Waals surface area contributed by atoms with Gasteiger partial charge in [0, 0.05) is 23.0 Å². The molecule has 1 unspecified atom stereocenters. The minimum absolute atomic E-state index is 0.349. The highest BCUT2D eigenvalue weighted by atomic mass is 15.3. The van der Waals surface area contributed by atoms with Crippen molar-refractivity contribution in [2.45, 2.75) is 12.8 Å². The standard InChI is InChI=1S/C17H15N3/c1-2-8-14-12(6-1)17-13(7-5-10-16(17)19-14)15-9-3-4-11-18-20-15/h1-4,6,8-11,13,20H,5,7H2. The molecule has 3 heteroatoms. The summed E-state index contributed by atoms with van der Waals surface area (Å²) in [4.78, 5) is 4.75. The van der Waals surface area contributed by atoms with Gasteiger partial charge in [-0.3, -0.25) is 5.43 Å². The van der Waals surface area contributed by atoms with Gasteiger partial charge < -0.3 is 0 Å². The first-order chi connectivity index (χ1) is 9.93. The second kappa shape index (κ2) is 4.60. The van der Waals surface area contributed by atoms with E-state index in [-0.39, 0.29) is 0 Å². The van der Waals surface area contributed by atoms with Gasteiger partial charge in [-0.15, -0.1) is 0 Å². The maximum atomic E-state index is 4.75. The predicted molar refractivity (Wildman–Crippen MR) is 80.3 cm³/mol. The van der Waals surface area contributed by atoms with E-state index in [0.717, 1.165) is 29.6 Å². The van der Waals surface area contributed by atoms with Gasteiger partial charge in [-0.1, -0.05) is 30.4 Å². The van der Waals surface area contributed by atoms with Crippen molar-refractivity contribution in [2.24, 2.45) is 16.0 Å². The first-order valence-corrected chi connectivity index (χ1v) is 6.98. The lowest BCUT2D eigenvalue weighted by Crippen LogP contribution is -2.27. The summed E-state index contributed by atoms with van der Waals surface area (Å²) in [5.74, 6) is 0.349. The van der Waals surface area contributed by atoms with Crippen molar-refractivity contribution >= 4 is 11.8 Å². The number of hydrogen-bond donors (Lipinski definition) is 1. The molecule has 0 radical (unpaired) electrons. The van der Waals surface area contributed by atoms with Crippen molar-refractivity contribution in [3.05, 3.63) is 70.5 Å². The Morgan fingerprint density at radius 3 is 3.10 bits per heavy atom. The molecule has 98 valence electrons. The third kappa shape index (κ3) is 1.74. The lowest BCUT2D eigenvalue weighted by molar-refractivity contribution is 0.625. The molecule has 1 aliphatic carbocycles. The number of nitrogens with one attached hydrogen (secondary N) is 1. The van der Waals surface area contributed by atoms with E-state index in [4.69, 9.17) is 4.99 Å². The summed E-state index contributed by atoms with van der Waals surface area (Å²) >= 11 is 0. The van der Waals surface area contributed by atoms with Crippen LogP contribution in [0.4, 0.5) is 0 Å². The second-order valence-electron chi connectivity index (χ2n) is 5.16. The fraction of sp³-hybridized carbons (Fsp3) is 0.176. The Kier molecular flexibility index (Phi) is 2.62. The number of rotatable bonds is 1. The van der Waals surface area contributed by atoms with Crippen LogP contribution in [0.1, 0.15) is 12.8 Å². The molecule has 0 bridgehead atoms. The average molecular weight is 261 g/mol. The molecule has 1 N–H and O–H groups in total. The Hall–Kier alpha value is -2.42. The van der Waals surface area contributed by atoms with Gasteiger partial charge in [0.15, 0.2) is 0 Å². The smallest absolute Gasteiger partial charge is 0.0713 e. The normalized spacial score (nSPS) is 23.0. The summed E-state index contributed by atoms with van der Waals surface area (Å²) in [7, 11) is 0. The van der Waals surface area contributed by atoms with Crippen LogP contribution in [0.3, 0.4) is 0 Å². The van der Waals surface area contributed by atoms with Crippen LogP contribution >= 0.6 is 0 Å². The maximum Gasteiger partial charge on any atom is 0.0713 e. The monoisotopic (exact) mass is 261 g/mol. The van der Waals surface area contributed by atoms with E-state index in [1.807, 2.05) is 18.2 Å². The molecule has 1 atom stereocenters. The van der Waals surface area contributed by atoms with E-state index in [0.29, 0.717) is 5.92 Å². The van der Waals surface area contributed by atoms with E-state index >= 15 is 0 Å². The van der Waals surface area contributed by atoms with Gasteiger partial charge >= 0.3 is 0 Å². The molecule has 3 aliphatic rings. The lowest BCUT2D eigenvalue weighted by Gasteiger charge is -2.24. The SMILES string of the molecule is C1=CC=C(C2CCC=C3N=c4ccccc4=C32)NN=C1. The zero-order valence-corrected chi connectivity index (χ0v) is 11.1. The van der Waals surface area contributed by atoms with Gasteiger partial charge in [-0.2, -0.15) is 5.10 Å². The third-order valence-electron chi connectivity index (χ3n) is 3.97. The number of benzene rings is 1. The van der Waals surface area contributed by atoms with Crippen molar-refractivity contribution in [3.8, 4) is 0 Å². The van der Waals surface area contributed by atoms with E-state index < -0.39 is 0 Å². The van der Waals surface area contributed by atoms with Crippen molar-refractivity contribution in [2.75, 3.05) is 0 Å². The summed E-state index contributed by atoms with van der Waals surface area (Å²) in [6.07, 6.45) is 12.3. The molecular weight excluding hydrogens is 246 g/mol. The summed E-state index contributed by atoms with van der Waals surface area (Å²) < 4.78 is 0. The van der Waals surface area contributed by atoms with Crippen LogP contribution < -0.4 is 16.0 Å². The quantitative estimate of drug-likeness (QED) is 0.822. The van der Waals surface area contributed by atoms with Gasteiger partial charge in [0.1, 0.15) is 0 Å². The number of hydrogen-bond acceptors (Lipinski definition) is 3. The number of hydrazone groups is 1. The fourth-order valence-electron chi connectivity index (χ4n) is 3.09. The van der Waals surface area contributed by atoms with Crippen molar-refractivity contribution in [3.63, 3.8) is 0 Å². The highest BCUT2D eigenvalue weighted by molar-refractivity contribution is 5.74. The van der Waals surface area contributed by atoms with Gasteiger partial charge in [0.25, 0.3) is 0 Å².